The first kappa shape index (κ1) is 25.2. The minimum atomic E-state index is 0. The summed E-state index contributed by atoms with van der Waals surface area (Å²) >= 11 is 0. The fourth-order valence-electron chi connectivity index (χ4n) is 2.83. The van der Waals surface area contributed by atoms with Gasteiger partial charge in [-0.05, 0) is 31.9 Å². The van der Waals surface area contributed by atoms with Crippen LogP contribution in [0.4, 0.5) is 5.69 Å². The van der Waals surface area contributed by atoms with Gasteiger partial charge in [-0.3, -0.25) is 0 Å². The van der Waals surface area contributed by atoms with Crippen LogP contribution in [-0.4, -0.2) is 47.4 Å². The van der Waals surface area contributed by atoms with Gasteiger partial charge in [-0.1, -0.05) is 38.0 Å². The third-order valence-corrected chi connectivity index (χ3v) is 4.79. The molecular weight excluding hydrogens is 477 g/mol. The lowest BCUT2D eigenvalue weighted by molar-refractivity contribution is 0.670. The number of hydrogen-bond donors (Lipinski definition) is 2. The average molecular weight is 513 g/mol. The van der Waals surface area contributed by atoms with Crippen LogP contribution in [0.15, 0.2) is 35.3 Å². The summed E-state index contributed by atoms with van der Waals surface area (Å²) in [6.07, 6.45) is 4.62. The van der Waals surface area contributed by atoms with Crippen molar-refractivity contribution in [3.63, 3.8) is 0 Å². The summed E-state index contributed by atoms with van der Waals surface area (Å²) in [5.74, 6) is 2.62. The molecule has 1 aromatic heterocycles. The molecule has 8 heteroatoms. The number of anilines is 1. The van der Waals surface area contributed by atoms with E-state index in [1.54, 1.807) is 0 Å². The second kappa shape index (κ2) is 14.2. The van der Waals surface area contributed by atoms with Crippen molar-refractivity contribution in [3.05, 3.63) is 42.0 Å². The maximum Gasteiger partial charge on any atom is 0.191 e. The first-order valence-electron chi connectivity index (χ1n) is 10.2. The first-order chi connectivity index (χ1) is 13.6. The summed E-state index contributed by atoms with van der Waals surface area (Å²) in [7, 11) is 4.10. The van der Waals surface area contributed by atoms with Crippen molar-refractivity contribution in [2.24, 2.45) is 12.0 Å². The Labute approximate surface area is 192 Å². The van der Waals surface area contributed by atoms with Gasteiger partial charge in [0.2, 0.25) is 0 Å². The van der Waals surface area contributed by atoms with E-state index < -0.39 is 0 Å². The molecule has 2 aromatic rings. The number of halogens is 1. The second-order valence-corrected chi connectivity index (χ2v) is 7.06. The van der Waals surface area contributed by atoms with E-state index >= 15 is 0 Å². The fraction of sp³-hybridized carbons (Fsp3) is 0.571. The summed E-state index contributed by atoms with van der Waals surface area (Å²) in [6, 6.07) is 10.5. The molecule has 0 amide bonds. The molecule has 0 unspecified atom stereocenters. The first-order valence-corrected chi connectivity index (χ1v) is 10.2. The molecule has 2 N–H and O–H groups in total. The number of aliphatic imine (C=N–C) groups is 1. The van der Waals surface area contributed by atoms with Crippen molar-refractivity contribution in [2.75, 3.05) is 31.6 Å². The zero-order valence-corrected chi connectivity index (χ0v) is 20.5. The number of unbranched alkanes of at least 4 members (excludes halogenated alkanes) is 2. The van der Waals surface area contributed by atoms with Gasteiger partial charge in [0.25, 0.3) is 0 Å². The Balaban J connectivity index is 0.00000420. The Kier molecular flexibility index (Phi) is 12.3. The van der Waals surface area contributed by atoms with Crippen LogP contribution in [0.2, 0.25) is 0 Å². The quantitative estimate of drug-likeness (QED) is 0.208. The van der Waals surface area contributed by atoms with E-state index in [1.165, 1.54) is 18.5 Å². The zero-order valence-electron chi connectivity index (χ0n) is 18.2. The number of nitrogens with one attached hydrogen (secondary N) is 2. The second-order valence-electron chi connectivity index (χ2n) is 7.06. The van der Waals surface area contributed by atoms with Crippen molar-refractivity contribution >= 4 is 35.6 Å². The number of hydrogen-bond acceptors (Lipinski definition) is 4. The zero-order chi connectivity index (χ0) is 20.2. The van der Waals surface area contributed by atoms with E-state index in [2.05, 4.69) is 64.0 Å². The summed E-state index contributed by atoms with van der Waals surface area (Å²) in [6.45, 7) is 7.47. The van der Waals surface area contributed by atoms with Gasteiger partial charge in [0.05, 0.1) is 0 Å². The van der Waals surface area contributed by atoms with E-state index in [0.717, 1.165) is 50.1 Å². The van der Waals surface area contributed by atoms with Crippen molar-refractivity contribution < 1.29 is 0 Å². The molecule has 2 rings (SSSR count). The lowest BCUT2D eigenvalue weighted by Gasteiger charge is -2.19. The monoisotopic (exact) mass is 513 g/mol. The van der Waals surface area contributed by atoms with E-state index in [9.17, 15) is 0 Å². The van der Waals surface area contributed by atoms with Crippen molar-refractivity contribution in [3.8, 4) is 0 Å². The summed E-state index contributed by atoms with van der Waals surface area (Å²) in [5, 5.41) is 15.2. The van der Waals surface area contributed by atoms with E-state index in [-0.39, 0.29) is 24.0 Å². The predicted molar refractivity (Wildman–Crippen MR) is 132 cm³/mol. The van der Waals surface area contributed by atoms with Gasteiger partial charge >= 0.3 is 0 Å². The van der Waals surface area contributed by atoms with E-state index in [0.29, 0.717) is 6.54 Å². The molecule has 7 nitrogen and oxygen atoms in total. The average Bonchev–Trinajstić information content (AvgIpc) is 3.04. The summed E-state index contributed by atoms with van der Waals surface area (Å²) < 4.78 is 1.98. The fourth-order valence-corrected chi connectivity index (χ4v) is 2.83. The molecule has 0 bridgehead atoms. The Hall–Kier alpha value is -1.84. The number of aromatic nitrogens is 3. The lowest BCUT2D eigenvalue weighted by atomic mass is 10.2. The van der Waals surface area contributed by atoms with Crippen LogP contribution in [0.3, 0.4) is 0 Å². The molecule has 1 aromatic carbocycles. The molecule has 1 heterocycles. The molecule has 0 saturated heterocycles. The highest BCUT2D eigenvalue weighted by molar-refractivity contribution is 14.0. The molecule has 0 aliphatic heterocycles. The van der Waals surface area contributed by atoms with Crippen LogP contribution in [0.5, 0.6) is 0 Å². The molecule has 0 atom stereocenters. The van der Waals surface area contributed by atoms with Crippen LogP contribution >= 0.6 is 24.0 Å². The minimum Gasteiger partial charge on any atom is -0.375 e. The topological polar surface area (TPSA) is 70.4 Å². The maximum atomic E-state index is 4.70. The van der Waals surface area contributed by atoms with Crippen LogP contribution in [0, 0.1) is 6.92 Å². The maximum absolute atomic E-state index is 4.70. The van der Waals surface area contributed by atoms with Gasteiger partial charge in [0.1, 0.15) is 12.4 Å². The highest BCUT2D eigenvalue weighted by Gasteiger charge is 2.05. The third-order valence-electron chi connectivity index (χ3n) is 4.79. The number of para-hydroxylation sites is 1. The number of rotatable bonds is 11. The Morgan fingerprint density at radius 2 is 1.76 bits per heavy atom. The molecule has 0 radical (unpaired) electrons. The minimum absolute atomic E-state index is 0. The van der Waals surface area contributed by atoms with Crippen LogP contribution in [0.1, 0.15) is 44.3 Å². The highest BCUT2D eigenvalue weighted by atomic mass is 127. The third kappa shape index (κ3) is 9.01. The molecule has 0 aliphatic carbocycles. The van der Waals surface area contributed by atoms with E-state index in [1.807, 2.05) is 24.6 Å². The lowest BCUT2D eigenvalue weighted by Crippen LogP contribution is -2.39. The largest absolute Gasteiger partial charge is 0.375 e. The van der Waals surface area contributed by atoms with E-state index in [4.69, 9.17) is 4.99 Å². The van der Waals surface area contributed by atoms with Gasteiger partial charge in [-0.2, -0.15) is 0 Å². The molecule has 0 saturated carbocycles. The Bertz CT molecular complexity index is 715. The smallest absolute Gasteiger partial charge is 0.191 e. The molecule has 29 heavy (non-hydrogen) atoms. The van der Waals surface area contributed by atoms with Crippen molar-refractivity contribution in [1.29, 1.82) is 0 Å². The number of aryl methyl sites for hydroxylation is 1. The Morgan fingerprint density at radius 3 is 2.38 bits per heavy atom. The number of guanidine groups is 1. The van der Waals surface area contributed by atoms with Gasteiger partial charge in [0.15, 0.2) is 11.8 Å². The number of benzene rings is 1. The predicted octanol–water partition coefficient (Wildman–Crippen LogP) is 3.49. The van der Waals surface area contributed by atoms with Crippen molar-refractivity contribution in [2.45, 2.75) is 46.1 Å². The van der Waals surface area contributed by atoms with Gasteiger partial charge < -0.3 is 20.1 Å². The molecular formula is C21H36IN7. The standard InChI is InChI=1S/C21H35N7.HI/c1-5-6-10-14-22-21(24-17-20-26-25-18(2)28(20)4)23-15-11-16-27(3)19-12-8-7-9-13-19;/h7-9,12-13H,5-6,10-11,14-17H2,1-4H3,(H2,22,23,24);1H. The number of nitrogens with zero attached hydrogens (tertiary/aromatic N) is 5. The van der Waals surface area contributed by atoms with Gasteiger partial charge in [-0.15, -0.1) is 34.2 Å². The molecule has 162 valence electrons. The van der Waals surface area contributed by atoms with Crippen LogP contribution in [-0.2, 0) is 13.6 Å². The van der Waals surface area contributed by atoms with Gasteiger partial charge in [-0.25, -0.2) is 4.99 Å². The van der Waals surface area contributed by atoms with Crippen LogP contribution in [0.25, 0.3) is 0 Å². The summed E-state index contributed by atoms with van der Waals surface area (Å²) in [4.78, 5) is 6.97. The summed E-state index contributed by atoms with van der Waals surface area (Å²) in [5.41, 5.74) is 1.24. The highest BCUT2D eigenvalue weighted by Crippen LogP contribution is 2.10. The van der Waals surface area contributed by atoms with Gasteiger partial charge in [0, 0.05) is 39.4 Å². The Morgan fingerprint density at radius 1 is 1.07 bits per heavy atom. The molecule has 0 fully saturated rings. The SMILES string of the molecule is CCCCCNC(=NCc1nnc(C)n1C)NCCCN(C)c1ccccc1.I. The van der Waals surface area contributed by atoms with Crippen molar-refractivity contribution in [1.82, 2.24) is 25.4 Å². The normalized spacial score (nSPS) is 11.1. The molecule has 0 spiro atoms. The molecule has 0 aliphatic rings. The van der Waals surface area contributed by atoms with Crippen LogP contribution < -0.4 is 15.5 Å².